The fraction of sp³-hybridized carbons (Fsp3) is 0.455. The molecule has 0 saturated carbocycles. The molecule has 0 spiro atoms. The summed E-state index contributed by atoms with van der Waals surface area (Å²) in [6.45, 7) is 2.10. The molecular weight excluding hydrogens is 243 g/mol. The minimum absolute atomic E-state index is 0.200. The first-order valence-electron chi connectivity index (χ1n) is 5.36. The van der Waals surface area contributed by atoms with Crippen molar-refractivity contribution in [1.82, 2.24) is 0 Å². The highest BCUT2D eigenvalue weighted by Gasteiger charge is 2.26. The summed E-state index contributed by atoms with van der Waals surface area (Å²) >= 11 is 1.82. The summed E-state index contributed by atoms with van der Waals surface area (Å²) < 4.78 is 13.0. The maximum Gasteiger partial charge on any atom is 0.295 e. The van der Waals surface area contributed by atoms with E-state index in [9.17, 15) is 14.5 Å². The number of nitrogens with zero attached hydrogens (tertiary/aromatic N) is 1. The fourth-order valence-electron chi connectivity index (χ4n) is 1.82. The fourth-order valence-corrected chi connectivity index (χ4v) is 3.23. The summed E-state index contributed by atoms with van der Waals surface area (Å²) in [5, 5.41) is 14.0. The van der Waals surface area contributed by atoms with Gasteiger partial charge in [-0.1, -0.05) is 6.92 Å². The molecule has 0 bridgehead atoms. The molecular formula is C11H13FN2O2S. The van der Waals surface area contributed by atoms with E-state index in [4.69, 9.17) is 0 Å². The van der Waals surface area contributed by atoms with Gasteiger partial charge in [-0.25, -0.2) is 4.39 Å². The molecule has 0 aromatic heterocycles. The Labute approximate surface area is 103 Å². The zero-order chi connectivity index (χ0) is 12.4. The number of nitrogens with one attached hydrogen (secondary N) is 1. The van der Waals surface area contributed by atoms with Crippen LogP contribution < -0.4 is 5.32 Å². The molecule has 2 unspecified atom stereocenters. The van der Waals surface area contributed by atoms with Crippen LogP contribution in [0.4, 0.5) is 15.8 Å². The lowest BCUT2D eigenvalue weighted by atomic mass is 10.1. The van der Waals surface area contributed by atoms with Crippen molar-refractivity contribution in [2.45, 2.75) is 13.0 Å². The molecule has 0 aliphatic carbocycles. The van der Waals surface area contributed by atoms with Crippen LogP contribution in [0.2, 0.25) is 0 Å². The van der Waals surface area contributed by atoms with E-state index in [-0.39, 0.29) is 11.7 Å². The lowest BCUT2D eigenvalue weighted by Gasteiger charge is -2.17. The average Bonchev–Trinajstić information content (AvgIpc) is 2.67. The maximum absolute atomic E-state index is 13.0. The summed E-state index contributed by atoms with van der Waals surface area (Å²) in [7, 11) is 0. The van der Waals surface area contributed by atoms with Crippen LogP contribution in [-0.2, 0) is 0 Å². The standard InChI is InChI=1S/C11H13FN2O2S/c1-7-5-17-6-10(7)13-9-3-2-8(12)4-11(9)14(15)16/h2-4,7,10,13H,5-6H2,1H3. The molecule has 0 amide bonds. The van der Waals surface area contributed by atoms with E-state index < -0.39 is 10.7 Å². The number of anilines is 1. The Bertz CT molecular complexity index is 441. The van der Waals surface area contributed by atoms with Gasteiger partial charge in [0.15, 0.2) is 0 Å². The quantitative estimate of drug-likeness (QED) is 0.667. The lowest BCUT2D eigenvalue weighted by molar-refractivity contribution is -0.384. The van der Waals surface area contributed by atoms with E-state index in [1.54, 1.807) is 0 Å². The Morgan fingerprint density at radius 1 is 1.53 bits per heavy atom. The van der Waals surface area contributed by atoms with Crippen molar-refractivity contribution in [2.75, 3.05) is 16.8 Å². The Balaban J connectivity index is 2.22. The summed E-state index contributed by atoms with van der Waals surface area (Å²) in [5.74, 6) is 1.85. The monoisotopic (exact) mass is 256 g/mol. The second-order valence-electron chi connectivity index (χ2n) is 4.18. The Morgan fingerprint density at radius 2 is 2.29 bits per heavy atom. The smallest absolute Gasteiger partial charge is 0.295 e. The molecule has 4 nitrogen and oxygen atoms in total. The molecule has 1 heterocycles. The van der Waals surface area contributed by atoms with Gasteiger partial charge in [-0.05, 0) is 23.8 Å². The number of hydrogen-bond acceptors (Lipinski definition) is 4. The van der Waals surface area contributed by atoms with Crippen LogP contribution in [0, 0.1) is 21.8 Å². The second kappa shape index (κ2) is 4.91. The van der Waals surface area contributed by atoms with Crippen LogP contribution in [0.3, 0.4) is 0 Å². The molecule has 1 aromatic carbocycles. The Hall–Kier alpha value is -1.30. The number of nitro groups is 1. The highest BCUT2D eigenvalue weighted by molar-refractivity contribution is 7.99. The molecule has 0 radical (unpaired) electrons. The van der Waals surface area contributed by atoms with Crippen molar-refractivity contribution >= 4 is 23.1 Å². The first-order valence-corrected chi connectivity index (χ1v) is 6.51. The van der Waals surface area contributed by atoms with E-state index in [2.05, 4.69) is 12.2 Å². The van der Waals surface area contributed by atoms with Gasteiger partial charge in [0.1, 0.15) is 11.5 Å². The molecule has 2 rings (SSSR count). The molecule has 17 heavy (non-hydrogen) atoms. The largest absolute Gasteiger partial charge is 0.376 e. The van der Waals surface area contributed by atoms with Gasteiger partial charge in [0.2, 0.25) is 0 Å². The minimum Gasteiger partial charge on any atom is -0.376 e. The molecule has 1 aliphatic heterocycles. The van der Waals surface area contributed by atoms with Gasteiger partial charge < -0.3 is 5.32 Å². The predicted octanol–water partition coefficient (Wildman–Crippen LogP) is 2.90. The van der Waals surface area contributed by atoms with Crippen LogP contribution in [0.25, 0.3) is 0 Å². The van der Waals surface area contributed by atoms with E-state index in [0.717, 1.165) is 17.6 Å². The van der Waals surface area contributed by atoms with Gasteiger partial charge in [-0.15, -0.1) is 0 Å². The number of halogens is 1. The van der Waals surface area contributed by atoms with Crippen molar-refractivity contribution in [3.63, 3.8) is 0 Å². The number of thioether (sulfide) groups is 1. The summed E-state index contributed by atoms with van der Waals surface area (Å²) in [5.41, 5.74) is 0.199. The molecule has 1 fully saturated rings. The van der Waals surface area contributed by atoms with Gasteiger partial charge in [0, 0.05) is 11.8 Å². The van der Waals surface area contributed by atoms with Crippen LogP contribution in [-0.4, -0.2) is 22.5 Å². The minimum atomic E-state index is -0.587. The van der Waals surface area contributed by atoms with Crippen LogP contribution in [0.15, 0.2) is 18.2 Å². The first-order chi connectivity index (χ1) is 8.08. The summed E-state index contributed by atoms with van der Waals surface area (Å²) in [6, 6.07) is 3.84. The highest BCUT2D eigenvalue weighted by Crippen LogP contribution is 2.31. The van der Waals surface area contributed by atoms with E-state index >= 15 is 0 Å². The van der Waals surface area contributed by atoms with Gasteiger partial charge >= 0.3 is 0 Å². The van der Waals surface area contributed by atoms with Crippen molar-refractivity contribution in [3.8, 4) is 0 Å². The van der Waals surface area contributed by atoms with Gasteiger partial charge in [-0.3, -0.25) is 10.1 Å². The zero-order valence-electron chi connectivity index (χ0n) is 9.35. The molecule has 1 saturated heterocycles. The Kier molecular flexibility index (Phi) is 3.51. The molecule has 1 N–H and O–H groups in total. The van der Waals surface area contributed by atoms with Crippen LogP contribution in [0.1, 0.15) is 6.92 Å². The predicted molar refractivity (Wildman–Crippen MR) is 67.0 cm³/mol. The molecule has 1 aliphatic rings. The van der Waals surface area contributed by atoms with Crippen LogP contribution in [0.5, 0.6) is 0 Å². The summed E-state index contributed by atoms with van der Waals surface area (Å²) in [4.78, 5) is 10.3. The zero-order valence-corrected chi connectivity index (χ0v) is 10.2. The van der Waals surface area contributed by atoms with Crippen molar-refractivity contribution in [3.05, 3.63) is 34.1 Å². The SMILES string of the molecule is CC1CSCC1Nc1ccc(F)cc1[N+](=O)[O-]. The maximum atomic E-state index is 13.0. The number of hydrogen-bond donors (Lipinski definition) is 1. The van der Waals surface area contributed by atoms with E-state index in [1.807, 2.05) is 11.8 Å². The topological polar surface area (TPSA) is 55.2 Å². The average molecular weight is 256 g/mol. The first kappa shape index (κ1) is 12.2. The third-order valence-electron chi connectivity index (χ3n) is 2.86. The van der Waals surface area contributed by atoms with Crippen molar-refractivity contribution in [2.24, 2.45) is 5.92 Å². The van der Waals surface area contributed by atoms with Crippen molar-refractivity contribution < 1.29 is 9.31 Å². The number of nitro benzene ring substituents is 1. The highest BCUT2D eigenvalue weighted by atomic mass is 32.2. The second-order valence-corrected chi connectivity index (χ2v) is 5.26. The third-order valence-corrected chi connectivity index (χ3v) is 4.22. The molecule has 6 heteroatoms. The van der Waals surface area contributed by atoms with Crippen molar-refractivity contribution in [1.29, 1.82) is 0 Å². The lowest BCUT2D eigenvalue weighted by Crippen LogP contribution is -2.26. The third kappa shape index (κ3) is 2.69. The molecule has 1 aromatic rings. The number of benzene rings is 1. The van der Waals surface area contributed by atoms with E-state index in [1.165, 1.54) is 12.1 Å². The number of rotatable bonds is 3. The molecule has 92 valence electrons. The van der Waals surface area contributed by atoms with Gasteiger partial charge in [0.05, 0.1) is 11.0 Å². The van der Waals surface area contributed by atoms with Crippen LogP contribution >= 0.6 is 11.8 Å². The Morgan fingerprint density at radius 3 is 2.88 bits per heavy atom. The van der Waals surface area contributed by atoms with Gasteiger partial charge in [-0.2, -0.15) is 11.8 Å². The van der Waals surface area contributed by atoms with E-state index in [0.29, 0.717) is 11.6 Å². The van der Waals surface area contributed by atoms with Gasteiger partial charge in [0.25, 0.3) is 5.69 Å². The summed E-state index contributed by atoms with van der Waals surface area (Å²) in [6.07, 6.45) is 0. The normalized spacial score (nSPS) is 23.6. The molecule has 2 atom stereocenters.